The Hall–Kier alpha value is -1.87. The zero-order valence-electron chi connectivity index (χ0n) is 10.1. The van der Waals surface area contributed by atoms with Crippen LogP contribution in [0.1, 0.15) is 5.56 Å². The highest BCUT2D eigenvalue weighted by Crippen LogP contribution is 2.26. The SMILES string of the molecule is CNCc1cc(OC)ccc1-c1ccncc1. The van der Waals surface area contributed by atoms with Gasteiger partial charge in [0.05, 0.1) is 7.11 Å². The van der Waals surface area contributed by atoms with Gasteiger partial charge >= 0.3 is 0 Å². The number of aromatic nitrogens is 1. The van der Waals surface area contributed by atoms with Crippen LogP contribution in [0.15, 0.2) is 42.7 Å². The first-order valence-corrected chi connectivity index (χ1v) is 5.57. The quantitative estimate of drug-likeness (QED) is 0.873. The third-order valence-corrected chi connectivity index (χ3v) is 2.67. The van der Waals surface area contributed by atoms with Crippen molar-refractivity contribution < 1.29 is 4.74 Å². The molecule has 0 spiro atoms. The average molecular weight is 228 g/mol. The number of hydrogen-bond donors (Lipinski definition) is 1. The highest BCUT2D eigenvalue weighted by molar-refractivity contribution is 5.67. The molecule has 0 radical (unpaired) electrons. The van der Waals surface area contributed by atoms with Gasteiger partial charge in [-0.3, -0.25) is 4.98 Å². The summed E-state index contributed by atoms with van der Waals surface area (Å²) in [5.74, 6) is 0.882. The van der Waals surface area contributed by atoms with Crippen LogP contribution in [0.4, 0.5) is 0 Å². The number of methoxy groups -OCH3 is 1. The van der Waals surface area contributed by atoms with Gasteiger partial charge in [-0.1, -0.05) is 6.07 Å². The molecule has 3 heteroatoms. The van der Waals surface area contributed by atoms with Crippen LogP contribution in [0.25, 0.3) is 11.1 Å². The number of ether oxygens (including phenoxy) is 1. The molecule has 0 fully saturated rings. The molecule has 0 aliphatic rings. The summed E-state index contributed by atoms with van der Waals surface area (Å²) in [4.78, 5) is 4.04. The molecule has 0 aliphatic carbocycles. The first-order chi connectivity index (χ1) is 8.35. The minimum absolute atomic E-state index is 0.814. The summed E-state index contributed by atoms with van der Waals surface area (Å²) < 4.78 is 5.25. The second-order valence-electron chi connectivity index (χ2n) is 3.79. The molecule has 0 bridgehead atoms. The molecule has 0 atom stereocenters. The molecular formula is C14H16N2O. The number of rotatable bonds is 4. The Morgan fingerprint density at radius 1 is 1.18 bits per heavy atom. The Kier molecular flexibility index (Phi) is 3.73. The van der Waals surface area contributed by atoms with Gasteiger partial charge in [0.2, 0.25) is 0 Å². The molecule has 1 heterocycles. The topological polar surface area (TPSA) is 34.1 Å². The van der Waals surface area contributed by atoms with E-state index in [-0.39, 0.29) is 0 Å². The van der Waals surface area contributed by atoms with Gasteiger partial charge in [0.1, 0.15) is 5.75 Å². The number of benzene rings is 1. The summed E-state index contributed by atoms with van der Waals surface area (Å²) in [7, 11) is 3.63. The van der Waals surface area contributed by atoms with Gasteiger partial charge in [0.15, 0.2) is 0 Å². The van der Waals surface area contributed by atoms with Crippen LogP contribution in [-0.2, 0) is 6.54 Å². The molecule has 3 nitrogen and oxygen atoms in total. The van der Waals surface area contributed by atoms with Crippen molar-refractivity contribution in [3.63, 3.8) is 0 Å². The lowest BCUT2D eigenvalue weighted by molar-refractivity contribution is 0.414. The molecule has 1 N–H and O–H groups in total. The van der Waals surface area contributed by atoms with Crippen molar-refractivity contribution in [3.05, 3.63) is 48.3 Å². The lowest BCUT2D eigenvalue weighted by Gasteiger charge is -2.11. The van der Waals surface area contributed by atoms with Crippen molar-refractivity contribution in [2.75, 3.05) is 14.2 Å². The minimum atomic E-state index is 0.814. The van der Waals surface area contributed by atoms with Crippen molar-refractivity contribution in [3.8, 4) is 16.9 Å². The fourth-order valence-electron chi connectivity index (χ4n) is 1.85. The summed E-state index contributed by atoms with van der Waals surface area (Å²) >= 11 is 0. The normalized spacial score (nSPS) is 10.2. The molecule has 0 saturated carbocycles. The maximum Gasteiger partial charge on any atom is 0.119 e. The van der Waals surface area contributed by atoms with E-state index in [0.717, 1.165) is 12.3 Å². The molecule has 0 saturated heterocycles. The van der Waals surface area contributed by atoms with Gasteiger partial charge in [-0.2, -0.15) is 0 Å². The lowest BCUT2D eigenvalue weighted by Crippen LogP contribution is -2.06. The first-order valence-electron chi connectivity index (χ1n) is 5.57. The lowest BCUT2D eigenvalue weighted by atomic mass is 10.0. The van der Waals surface area contributed by atoms with E-state index in [1.807, 2.05) is 37.6 Å². The van der Waals surface area contributed by atoms with E-state index < -0.39 is 0 Å². The van der Waals surface area contributed by atoms with Crippen LogP contribution in [-0.4, -0.2) is 19.1 Å². The molecule has 1 aromatic heterocycles. The Bertz CT molecular complexity index is 483. The third-order valence-electron chi connectivity index (χ3n) is 2.67. The van der Waals surface area contributed by atoms with Crippen LogP contribution >= 0.6 is 0 Å². The number of nitrogens with one attached hydrogen (secondary N) is 1. The average Bonchev–Trinajstić information content (AvgIpc) is 2.40. The van der Waals surface area contributed by atoms with E-state index in [1.165, 1.54) is 16.7 Å². The van der Waals surface area contributed by atoms with Crippen molar-refractivity contribution in [1.82, 2.24) is 10.3 Å². The highest BCUT2D eigenvalue weighted by Gasteiger charge is 2.05. The molecule has 0 aliphatic heterocycles. The molecule has 2 aromatic rings. The molecule has 17 heavy (non-hydrogen) atoms. The monoisotopic (exact) mass is 228 g/mol. The molecule has 1 aromatic carbocycles. The summed E-state index contributed by atoms with van der Waals surface area (Å²) in [6.45, 7) is 0.814. The zero-order valence-corrected chi connectivity index (χ0v) is 10.1. The predicted molar refractivity (Wildman–Crippen MR) is 69.0 cm³/mol. The molecular weight excluding hydrogens is 212 g/mol. The fraction of sp³-hybridized carbons (Fsp3) is 0.214. The second-order valence-corrected chi connectivity index (χ2v) is 3.79. The van der Waals surface area contributed by atoms with Crippen LogP contribution in [0.2, 0.25) is 0 Å². The second kappa shape index (κ2) is 5.46. The Morgan fingerprint density at radius 3 is 2.59 bits per heavy atom. The molecule has 0 amide bonds. The van der Waals surface area contributed by atoms with Crippen LogP contribution in [0, 0.1) is 0 Å². The van der Waals surface area contributed by atoms with Crippen LogP contribution in [0.3, 0.4) is 0 Å². The van der Waals surface area contributed by atoms with Gasteiger partial charge in [-0.15, -0.1) is 0 Å². The largest absolute Gasteiger partial charge is 0.497 e. The van der Waals surface area contributed by atoms with Crippen LogP contribution in [0.5, 0.6) is 5.75 Å². The van der Waals surface area contributed by atoms with Gasteiger partial charge in [-0.25, -0.2) is 0 Å². The number of pyridine rings is 1. The third kappa shape index (κ3) is 2.63. The van der Waals surface area contributed by atoms with E-state index >= 15 is 0 Å². The summed E-state index contributed by atoms with van der Waals surface area (Å²) in [6.07, 6.45) is 3.62. The Labute approximate surface area is 101 Å². The maximum atomic E-state index is 5.25. The maximum absolute atomic E-state index is 5.25. The van der Waals surface area contributed by atoms with Crippen molar-refractivity contribution in [2.24, 2.45) is 0 Å². The van der Waals surface area contributed by atoms with E-state index in [9.17, 15) is 0 Å². The van der Waals surface area contributed by atoms with E-state index in [0.29, 0.717) is 0 Å². The van der Waals surface area contributed by atoms with Crippen molar-refractivity contribution in [2.45, 2.75) is 6.54 Å². The van der Waals surface area contributed by atoms with Gasteiger partial charge in [-0.05, 0) is 48.0 Å². The molecule has 88 valence electrons. The number of nitrogens with zero attached hydrogens (tertiary/aromatic N) is 1. The highest BCUT2D eigenvalue weighted by atomic mass is 16.5. The Balaban J connectivity index is 2.46. The van der Waals surface area contributed by atoms with Crippen LogP contribution < -0.4 is 10.1 Å². The summed E-state index contributed by atoms with van der Waals surface area (Å²) in [5.41, 5.74) is 3.61. The minimum Gasteiger partial charge on any atom is -0.497 e. The van der Waals surface area contributed by atoms with Gasteiger partial charge in [0, 0.05) is 18.9 Å². The predicted octanol–water partition coefficient (Wildman–Crippen LogP) is 2.48. The summed E-state index contributed by atoms with van der Waals surface area (Å²) in [6, 6.07) is 10.2. The number of hydrogen-bond acceptors (Lipinski definition) is 3. The molecule has 0 unspecified atom stereocenters. The zero-order chi connectivity index (χ0) is 12.1. The molecule has 2 rings (SSSR count). The van der Waals surface area contributed by atoms with Gasteiger partial charge in [0.25, 0.3) is 0 Å². The van der Waals surface area contributed by atoms with Crippen molar-refractivity contribution >= 4 is 0 Å². The fourth-order valence-corrected chi connectivity index (χ4v) is 1.85. The standard InChI is InChI=1S/C14H16N2O/c1-15-10-12-9-13(17-2)3-4-14(12)11-5-7-16-8-6-11/h3-9,15H,10H2,1-2H3. The van der Waals surface area contributed by atoms with Crippen molar-refractivity contribution in [1.29, 1.82) is 0 Å². The van der Waals surface area contributed by atoms with E-state index in [4.69, 9.17) is 4.74 Å². The Morgan fingerprint density at radius 2 is 1.94 bits per heavy atom. The van der Waals surface area contributed by atoms with Gasteiger partial charge < -0.3 is 10.1 Å². The van der Waals surface area contributed by atoms with E-state index in [1.54, 1.807) is 7.11 Å². The smallest absolute Gasteiger partial charge is 0.119 e. The van der Waals surface area contributed by atoms with E-state index in [2.05, 4.69) is 22.4 Å². The first kappa shape index (κ1) is 11.6. The summed E-state index contributed by atoms with van der Waals surface area (Å²) in [5, 5.41) is 3.17.